The average molecular weight is 632 g/mol. The molecule has 7 nitrogen and oxygen atoms in total. The molecular weight excluding hydrogens is 594 g/mol. The number of hydrogen-bond donors (Lipinski definition) is 1. The van der Waals surface area contributed by atoms with Crippen molar-refractivity contribution in [3.05, 3.63) is 131 Å². The number of hydrogen-bond acceptors (Lipinski definition) is 4. The molecule has 44 heavy (non-hydrogen) atoms. The van der Waals surface area contributed by atoms with E-state index in [2.05, 4.69) is 5.32 Å². The Hall–Kier alpha value is -4.14. The highest BCUT2D eigenvalue weighted by molar-refractivity contribution is 7.92. The van der Waals surface area contributed by atoms with E-state index in [0.29, 0.717) is 17.3 Å². The molecule has 0 spiro atoms. The number of anilines is 1. The van der Waals surface area contributed by atoms with Crippen molar-refractivity contribution in [1.29, 1.82) is 0 Å². The van der Waals surface area contributed by atoms with E-state index in [1.165, 1.54) is 29.2 Å². The predicted octanol–water partition coefficient (Wildman–Crippen LogP) is 6.40. The Bertz CT molecular complexity index is 1630. The third-order valence-electron chi connectivity index (χ3n) is 7.26. The zero-order chi connectivity index (χ0) is 31.5. The first-order valence-corrected chi connectivity index (χ1v) is 16.5. The molecule has 4 aromatic rings. The summed E-state index contributed by atoms with van der Waals surface area (Å²) in [6.07, 6.45) is 1.98. The Balaban J connectivity index is 1.77. The van der Waals surface area contributed by atoms with Gasteiger partial charge in [-0.15, -0.1) is 0 Å². The van der Waals surface area contributed by atoms with Crippen molar-refractivity contribution in [2.45, 2.75) is 50.6 Å². The summed E-state index contributed by atoms with van der Waals surface area (Å²) in [6, 6.07) is 30.7. The van der Waals surface area contributed by atoms with E-state index in [0.717, 1.165) is 33.8 Å². The van der Waals surface area contributed by atoms with Crippen LogP contribution >= 0.6 is 11.6 Å². The minimum Gasteiger partial charge on any atom is -0.354 e. The lowest BCUT2D eigenvalue weighted by Gasteiger charge is -2.34. The average Bonchev–Trinajstić information content (AvgIpc) is 3.02. The normalized spacial score (nSPS) is 11.9. The number of rotatable bonds is 14. The van der Waals surface area contributed by atoms with E-state index in [9.17, 15) is 18.0 Å². The molecule has 0 saturated heterocycles. The lowest BCUT2D eigenvalue weighted by molar-refractivity contribution is -0.140. The molecule has 230 valence electrons. The summed E-state index contributed by atoms with van der Waals surface area (Å²) >= 11 is 6.04. The molecule has 0 aromatic heterocycles. The van der Waals surface area contributed by atoms with Gasteiger partial charge >= 0.3 is 0 Å². The maximum Gasteiger partial charge on any atom is 0.264 e. The van der Waals surface area contributed by atoms with Crippen molar-refractivity contribution >= 4 is 39.1 Å². The Morgan fingerprint density at radius 1 is 0.841 bits per heavy atom. The van der Waals surface area contributed by atoms with Gasteiger partial charge in [0.05, 0.1) is 10.6 Å². The fourth-order valence-corrected chi connectivity index (χ4v) is 6.46. The number of halogens is 1. The second-order valence-corrected chi connectivity index (χ2v) is 13.0. The van der Waals surface area contributed by atoms with Gasteiger partial charge in [0, 0.05) is 24.5 Å². The van der Waals surface area contributed by atoms with Crippen LogP contribution in [0.5, 0.6) is 0 Å². The zero-order valence-electron chi connectivity index (χ0n) is 25.0. The van der Waals surface area contributed by atoms with Gasteiger partial charge in [0.15, 0.2) is 0 Å². The summed E-state index contributed by atoms with van der Waals surface area (Å²) in [5, 5.41) is 3.40. The van der Waals surface area contributed by atoms with Gasteiger partial charge in [-0.3, -0.25) is 13.9 Å². The van der Waals surface area contributed by atoms with Crippen LogP contribution in [0, 0.1) is 6.92 Å². The topological polar surface area (TPSA) is 86.8 Å². The summed E-state index contributed by atoms with van der Waals surface area (Å²) in [4.78, 5) is 29.7. The number of nitrogens with one attached hydrogen (secondary N) is 1. The van der Waals surface area contributed by atoms with Crippen molar-refractivity contribution < 1.29 is 18.0 Å². The van der Waals surface area contributed by atoms with E-state index >= 15 is 0 Å². The number of benzene rings is 4. The highest BCUT2D eigenvalue weighted by atomic mass is 35.5. The Labute approximate surface area is 265 Å². The molecule has 0 unspecified atom stereocenters. The third-order valence-corrected chi connectivity index (χ3v) is 9.30. The molecule has 0 heterocycles. The van der Waals surface area contributed by atoms with Gasteiger partial charge in [-0.2, -0.15) is 0 Å². The number of para-hydroxylation sites is 1. The van der Waals surface area contributed by atoms with E-state index in [4.69, 9.17) is 11.6 Å². The quantitative estimate of drug-likeness (QED) is 0.163. The molecule has 0 aliphatic heterocycles. The largest absolute Gasteiger partial charge is 0.354 e. The van der Waals surface area contributed by atoms with Crippen LogP contribution in [0.1, 0.15) is 36.5 Å². The van der Waals surface area contributed by atoms with Crippen molar-refractivity contribution in [2.24, 2.45) is 0 Å². The molecule has 4 rings (SSSR count). The first-order valence-electron chi connectivity index (χ1n) is 14.7. The van der Waals surface area contributed by atoms with Crippen molar-refractivity contribution in [3.8, 4) is 0 Å². The highest BCUT2D eigenvalue weighted by Gasteiger charge is 2.34. The molecule has 2 amide bonds. The fourth-order valence-electron chi connectivity index (χ4n) is 4.92. The van der Waals surface area contributed by atoms with Crippen molar-refractivity contribution in [3.63, 3.8) is 0 Å². The lowest BCUT2D eigenvalue weighted by Crippen LogP contribution is -2.53. The van der Waals surface area contributed by atoms with Crippen molar-refractivity contribution in [1.82, 2.24) is 10.2 Å². The molecule has 1 N–H and O–H groups in total. The summed E-state index contributed by atoms with van der Waals surface area (Å²) in [5.74, 6) is -0.783. The number of carbonyl (C=O) groups is 2. The monoisotopic (exact) mass is 631 g/mol. The lowest BCUT2D eigenvalue weighted by atomic mass is 10.0. The molecule has 0 aliphatic rings. The predicted molar refractivity (Wildman–Crippen MR) is 176 cm³/mol. The van der Waals surface area contributed by atoms with Gasteiger partial charge < -0.3 is 10.2 Å². The van der Waals surface area contributed by atoms with Crippen LogP contribution in [0.25, 0.3) is 0 Å². The molecule has 0 fully saturated rings. The van der Waals surface area contributed by atoms with E-state index in [1.54, 1.807) is 30.3 Å². The minimum atomic E-state index is -4.17. The second-order valence-electron chi connectivity index (χ2n) is 10.7. The SMILES string of the molecule is CCCCNC(=O)[C@H](Cc1ccccc1)N(Cc1cccc(C)c1)C(=O)CN(c1ccccc1)S(=O)(=O)c1ccc(Cl)cc1. The summed E-state index contributed by atoms with van der Waals surface area (Å²) in [6.45, 7) is 4.11. The number of nitrogens with zero attached hydrogens (tertiary/aromatic N) is 2. The fraction of sp³-hybridized carbons (Fsp3) is 0.257. The number of carbonyl (C=O) groups excluding carboxylic acids is 2. The molecule has 0 aliphatic carbocycles. The molecule has 4 aromatic carbocycles. The van der Waals surface area contributed by atoms with Gasteiger partial charge in [-0.1, -0.05) is 103 Å². The molecule has 9 heteroatoms. The second kappa shape index (κ2) is 15.5. The first kappa shape index (κ1) is 32.8. The smallest absolute Gasteiger partial charge is 0.264 e. The van der Waals surface area contributed by atoms with Crippen LogP contribution in [0.3, 0.4) is 0 Å². The number of unbranched alkanes of at least 4 members (excludes halogenated alkanes) is 1. The van der Waals surface area contributed by atoms with Gasteiger partial charge in [0.1, 0.15) is 12.6 Å². The van der Waals surface area contributed by atoms with E-state index in [1.807, 2.05) is 68.4 Å². The van der Waals surface area contributed by atoms with Crippen LogP contribution < -0.4 is 9.62 Å². The molecular formula is C35H38ClN3O4S. The number of aryl methyl sites for hydroxylation is 1. The number of amides is 2. The first-order chi connectivity index (χ1) is 21.2. The summed E-state index contributed by atoms with van der Waals surface area (Å²) < 4.78 is 29.1. The van der Waals surface area contributed by atoms with Crippen LogP contribution in [0.4, 0.5) is 5.69 Å². The maximum absolute atomic E-state index is 14.4. The van der Waals surface area contributed by atoms with Crippen LogP contribution in [0.2, 0.25) is 5.02 Å². The Morgan fingerprint density at radius 2 is 1.48 bits per heavy atom. The van der Waals surface area contributed by atoms with Gasteiger partial charge in [-0.25, -0.2) is 8.42 Å². The molecule has 0 bridgehead atoms. The third kappa shape index (κ3) is 8.71. The summed E-state index contributed by atoms with van der Waals surface area (Å²) in [7, 11) is -4.17. The molecule has 1 atom stereocenters. The van der Waals surface area contributed by atoms with E-state index < -0.39 is 28.5 Å². The van der Waals surface area contributed by atoms with Crippen LogP contribution in [-0.4, -0.2) is 44.3 Å². The summed E-state index contributed by atoms with van der Waals surface area (Å²) in [5.41, 5.74) is 3.07. The van der Waals surface area contributed by atoms with Crippen molar-refractivity contribution in [2.75, 3.05) is 17.4 Å². The van der Waals surface area contributed by atoms with Gasteiger partial charge in [0.2, 0.25) is 11.8 Å². The molecule has 0 radical (unpaired) electrons. The molecule has 0 saturated carbocycles. The van der Waals surface area contributed by atoms with E-state index in [-0.39, 0.29) is 23.8 Å². The Morgan fingerprint density at radius 3 is 2.11 bits per heavy atom. The highest BCUT2D eigenvalue weighted by Crippen LogP contribution is 2.26. The van der Waals surface area contributed by atoms with Crippen LogP contribution in [-0.2, 0) is 32.6 Å². The zero-order valence-corrected chi connectivity index (χ0v) is 26.6. The number of sulfonamides is 1. The maximum atomic E-state index is 14.4. The van der Waals surface area contributed by atoms with Crippen LogP contribution in [0.15, 0.2) is 114 Å². The Kier molecular flexibility index (Phi) is 11.6. The standard InChI is InChI=1S/C35H38ClN3O4S/c1-3-4-22-37-35(41)33(24-28-13-7-5-8-14-28)38(25-29-15-11-12-27(2)23-29)34(40)26-39(31-16-9-6-10-17-31)44(42,43)32-20-18-30(36)19-21-32/h5-21,23,33H,3-4,22,24-26H2,1-2H3,(H,37,41)/t33-/m0/s1. The minimum absolute atomic E-state index is 0.00179. The van der Waals surface area contributed by atoms with Gasteiger partial charge in [-0.05, 0) is 60.9 Å². The van der Waals surface area contributed by atoms with Gasteiger partial charge in [0.25, 0.3) is 10.0 Å².